The van der Waals surface area contributed by atoms with Crippen molar-refractivity contribution in [3.8, 4) is 0 Å². The minimum Gasteiger partial charge on any atom is -0.345 e. The summed E-state index contributed by atoms with van der Waals surface area (Å²) in [7, 11) is 0. The van der Waals surface area contributed by atoms with Gasteiger partial charge in [-0.05, 0) is 17.7 Å². The Hall–Kier alpha value is -2.38. The molecule has 3 N–H and O–H groups in total. The molecule has 0 spiro atoms. The number of benzene rings is 2. The minimum atomic E-state index is -4.49. The van der Waals surface area contributed by atoms with Crippen molar-refractivity contribution in [1.82, 2.24) is 16.2 Å². The van der Waals surface area contributed by atoms with Gasteiger partial charge >= 0.3 is 6.18 Å². The predicted molar refractivity (Wildman–Crippen MR) is 83.0 cm³/mol. The normalized spacial score (nSPS) is 23.9. The number of rotatable bonds is 3. The summed E-state index contributed by atoms with van der Waals surface area (Å²) >= 11 is 0. The molecule has 1 saturated heterocycles. The first kappa shape index (κ1) is 16.5. The van der Waals surface area contributed by atoms with E-state index in [1.54, 1.807) is 60.7 Å². The van der Waals surface area contributed by atoms with Crippen LogP contribution in [0.2, 0.25) is 0 Å². The summed E-state index contributed by atoms with van der Waals surface area (Å²) in [4.78, 5) is 12.3. The SMILES string of the molecule is O=C(NC1C(c2ccccc2)NNC1C(F)(F)F)c1ccccc1. The van der Waals surface area contributed by atoms with E-state index >= 15 is 0 Å². The van der Waals surface area contributed by atoms with Gasteiger partial charge in [0.25, 0.3) is 5.91 Å². The molecule has 24 heavy (non-hydrogen) atoms. The van der Waals surface area contributed by atoms with Gasteiger partial charge < -0.3 is 5.32 Å². The van der Waals surface area contributed by atoms with Crippen LogP contribution in [0.15, 0.2) is 60.7 Å². The zero-order valence-corrected chi connectivity index (χ0v) is 12.5. The molecule has 3 unspecified atom stereocenters. The highest BCUT2D eigenvalue weighted by Crippen LogP contribution is 2.32. The Labute approximate surface area is 137 Å². The van der Waals surface area contributed by atoms with Gasteiger partial charge in [0.2, 0.25) is 0 Å². The Morgan fingerprint density at radius 3 is 2.08 bits per heavy atom. The van der Waals surface area contributed by atoms with Crippen LogP contribution in [-0.4, -0.2) is 24.2 Å². The fourth-order valence-electron chi connectivity index (χ4n) is 2.78. The van der Waals surface area contributed by atoms with Crippen molar-refractivity contribution in [2.75, 3.05) is 0 Å². The standard InChI is InChI=1S/C17H16F3N3O/c18-17(19,20)15-14(21-16(24)12-9-5-2-6-10-12)13(22-23-15)11-7-3-1-4-8-11/h1-10,13-15,22-23H,(H,21,24). The van der Waals surface area contributed by atoms with Crippen LogP contribution in [0.4, 0.5) is 13.2 Å². The summed E-state index contributed by atoms with van der Waals surface area (Å²) in [6, 6.07) is 13.2. The zero-order chi connectivity index (χ0) is 17.2. The topological polar surface area (TPSA) is 53.2 Å². The van der Waals surface area contributed by atoms with Crippen LogP contribution >= 0.6 is 0 Å². The van der Waals surface area contributed by atoms with Crippen molar-refractivity contribution in [2.45, 2.75) is 24.3 Å². The molecule has 4 nitrogen and oxygen atoms in total. The molecule has 3 atom stereocenters. The quantitative estimate of drug-likeness (QED) is 0.808. The molecule has 0 aliphatic carbocycles. The molecule has 2 aromatic rings. The highest BCUT2D eigenvalue weighted by molar-refractivity contribution is 5.94. The molecule has 3 rings (SSSR count). The molecule has 1 aliphatic heterocycles. The van der Waals surface area contributed by atoms with E-state index in [-0.39, 0.29) is 0 Å². The zero-order valence-electron chi connectivity index (χ0n) is 12.5. The number of nitrogens with one attached hydrogen (secondary N) is 3. The summed E-state index contributed by atoms with van der Waals surface area (Å²) in [6.45, 7) is 0. The summed E-state index contributed by atoms with van der Waals surface area (Å²) < 4.78 is 39.9. The lowest BCUT2D eigenvalue weighted by molar-refractivity contribution is -0.156. The van der Waals surface area contributed by atoms with Crippen LogP contribution in [-0.2, 0) is 0 Å². The van der Waals surface area contributed by atoms with Crippen molar-refractivity contribution < 1.29 is 18.0 Å². The maximum atomic E-state index is 13.3. The molecular weight excluding hydrogens is 319 g/mol. The second-order valence-corrected chi connectivity index (χ2v) is 5.56. The lowest BCUT2D eigenvalue weighted by Crippen LogP contribution is -2.52. The molecule has 126 valence electrons. The monoisotopic (exact) mass is 335 g/mol. The highest BCUT2D eigenvalue weighted by atomic mass is 19.4. The van der Waals surface area contributed by atoms with E-state index < -0.39 is 30.2 Å². The fraction of sp³-hybridized carbons (Fsp3) is 0.235. The molecule has 0 radical (unpaired) electrons. The molecule has 2 aromatic carbocycles. The van der Waals surface area contributed by atoms with Crippen LogP contribution in [0.5, 0.6) is 0 Å². The third kappa shape index (κ3) is 3.42. The smallest absolute Gasteiger partial charge is 0.345 e. The van der Waals surface area contributed by atoms with E-state index in [0.717, 1.165) is 0 Å². The van der Waals surface area contributed by atoms with Gasteiger partial charge in [-0.2, -0.15) is 13.2 Å². The number of halogens is 3. The molecule has 0 bridgehead atoms. The number of alkyl halides is 3. The molecule has 1 amide bonds. The number of hydrogen-bond donors (Lipinski definition) is 3. The van der Waals surface area contributed by atoms with E-state index in [9.17, 15) is 18.0 Å². The van der Waals surface area contributed by atoms with Crippen molar-refractivity contribution in [3.05, 3.63) is 71.8 Å². The van der Waals surface area contributed by atoms with Crippen LogP contribution in [0.1, 0.15) is 22.0 Å². The Morgan fingerprint density at radius 2 is 1.50 bits per heavy atom. The maximum Gasteiger partial charge on any atom is 0.407 e. The summed E-state index contributed by atoms with van der Waals surface area (Å²) in [5, 5.41) is 2.52. The van der Waals surface area contributed by atoms with E-state index in [1.807, 2.05) is 0 Å². The first-order chi connectivity index (χ1) is 11.5. The summed E-state index contributed by atoms with van der Waals surface area (Å²) in [5.41, 5.74) is 5.89. The lowest BCUT2D eigenvalue weighted by atomic mass is 9.95. The van der Waals surface area contributed by atoms with Crippen LogP contribution in [0.25, 0.3) is 0 Å². The highest BCUT2D eigenvalue weighted by Gasteiger charge is 2.52. The number of carbonyl (C=O) groups is 1. The summed E-state index contributed by atoms with van der Waals surface area (Å²) in [5.74, 6) is -0.540. The van der Waals surface area contributed by atoms with Crippen molar-refractivity contribution in [2.24, 2.45) is 0 Å². The molecule has 1 heterocycles. The van der Waals surface area contributed by atoms with E-state index in [2.05, 4.69) is 16.2 Å². The van der Waals surface area contributed by atoms with Gasteiger partial charge in [0.05, 0.1) is 12.1 Å². The van der Waals surface area contributed by atoms with Gasteiger partial charge in [-0.1, -0.05) is 48.5 Å². The number of hydrogen-bond acceptors (Lipinski definition) is 3. The van der Waals surface area contributed by atoms with Crippen LogP contribution < -0.4 is 16.2 Å². The van der Waals surface area contributed by atoms with Gasteiger partial charge in [-0.15, -0.1) is 0 Å². The van der Waals surface area contributed by atoms with E-state index in [1.165, 1.54) is 0 Å². The lowest BCUT2D eigenvalue weighted by Gasteiger charge is -2.26. The van der Waals surface area contributed by atoms with Crippen LogP contribution in [0, 0.1) is 0 Å². The Morgan fingerprint density at radius 1 is 0.917 bits per heavy atom. The fourth-order valence-corrected chi connectivity index (χ4v) is 2.78. The average molecular weight is 335 g/mol. The summed E-state index contributed by atoms with van der Waals surface area (Å²) in [6.07, 6.45) is -4.49. The Bertz CT molecular complexity index is 691. The maximum absolute atomic E-state index is 13.3. The predicted octanol–water partition coefficient (Wildman–Crippen LogP) is 2.57. The van der Waals surface area contributed by atoms with Gasteiger partial charge in [0.1, 0.15) is 6.04 Å². The largest absolute Gasteiger partial charge is 0.407 e. The second kappa shape index (κ2) is 6.62. The number of carbonyl (C=O) groups excluding carboxylic acids is 1. The molecule has 7 heteroatoms. The molecule has 0 aromatic heterocycles. The number of amides is 1. The van der Waals surface area contributed by atoms with E-state index in [4.69, 9.17) is 0 Å². The second-order valence-electron chi connectivity index (χ2n) is 5.56. The Kier molecular flexibility index (Phi) is 4.55. The third-order valence-electron chi connectivity index (χ3n) is 3.96. The van der Waals surface area contributed by atoms with Crippen LogP contribution in [0.3, 0.4) is 0 Å². The number of hydrazine groups is 1. The molecule has 1 aliphatic rings. The first-order valence-corrected chi connectivity index (χ1v) is 7.45. The van der Waals surface area contributed by atoms with E-state index in [0.29, 0.717) is 11.1 Å². The van der Waals surface area contributed by atoms with Gasteiger partial charge in [0, 0.05) is 5.56 Å². The average Bonchev–Trinajstić information content (AvgIpc) is 3.00. The molecule has 1 fully saturated rings. The molecule has 0 saturated carbocycles. The van der Waals surface area contributed by atoms with Gasteiger partial charge in [-0.3, -0.25) is 4.79 Å². The first-order valence-electron chi connectivity index (χ1n) is 7.45. The third-order valence-corrected chi connectivity index (χ3v) is 3.96. The van der Waals surface area contributed by atoms with Gasteiger partial charge in [0.15, 0.2) is 0 Å². The molecular formula is C17H16F3N3O. The van der Waals surface area contributed by atoms with Crippen molar-refractivity contribution in [3.63, 3.8) is 0 Å². The van der Waals surface area contributed by atoms with Crippen molar-refractivity contribution >= 4 is 5.91 Å². The Balaban J connectivity index is 1.87. The minimum absolute atomic E-state index is 0.317. The van der Waals surface area contributed by atoms with Gasteiger partial charge in [-0.25, -0.2) is 10.9 Å². The van der Waals surface area contributed by atoms with Crippen molar-refractivity contribution in [1.29, 1.82) is 0 Å².